The first-order valence-electron chi connectivity index (χ1n) is 13.1. The highest BCUT2D eigenvalue weighted by atomic mass is 16.5. The highest BCUT2D eigenvalue weighted by molar-refractivity contribution is 5.91. The van der Waals surface area contributed by atoms with Crippen LogP contribution in [0.5, 0.6) is 0 Å². The van der Waals surface area contributed by atoms with E-state index in [4.69, 9.17) is 9.72 Å². The van der Waals surface area contributed by atoms with Gasteiger partial charge in [0.1, 0.15) is 5.52 Å². The molecular formula is C25H38N6O3. The van der Waals surface area contributed by atoms with Crippen LogP contribution in [0.4, 0.5) is 11.8 Å². The fourth-order valence-electron chi connectivity index (χ4n) is 5.75. The molecule has 0 radical (unpaired) electrons. The van der Waals surface area contributed by atoms with Crippen molar-refractivity contribution in [1.82, 2.24) is 19.5 Å². The van der Waals surface area contributed by atoms with Crippen molar-refractivity contribution < 1.29 is 14.6 Å². The molecule has 0 aromatic carbocycles. The fraction of sp³-hybridized carbons (Fsp3) is 0.760. The lowest BCUT2D eigenvalue weighted by Gasteiger charge is -2.33. The maximum Gasteiger partial charge on any atom is 0.374 e. The van der Waals surface area contributed by atoms with Gasteiger partial charge in [-0.2, -0.15) is 4.98 Å². The Morgan fingerprint density at radius 3 is 2.41 bits per heavy atom. The van der Waals surface area contributed by atoms with Crippen LogP contribution in [-0.2, 0) is 11.3 Å². The summed E-state index contributed by atoms with van der Waals surface area (Å²) >= 11 is 0. The number of hydrogen-bond acceptors (Lipinski definition) is 7. The molecule has 9 nitrogen and oxygen atoms in total. The van der Waals surface area contributed by atoms with Crippen LogP contribution in [0.3, 0.4) is 0 Å². The van der Waals surface area contributed by atoms with Gasteiger partial charge in [0.2, 0.25) is 11.8 Å². The number of carboxylic acid groups (broad SMARTS) is 1. The first kappa shape index (κ1) is 23.3. The predicted octanol–water partition coefficient (Wildman–Crippen LogP) is 4.18. The summed E-state index contributed by atoms with van der Waals surface area (Å²) in [5, 5.41) is 13.3. The van der Waals surface area contributed by atoms with Crippen LogP contribution >= 0.6 is 0 Å². The highest BCUT2D eigenvalue weighted by Crippen LogP contribution is 2.36. The Morgan fingerprint density at radius 2 is 1.79 bits per heavy atom. The second kappa shape index (κ2) is 10.1. The Hall–Kier alpha value is -2.42. The summed E-state index contributed by atoms with van der Waals surface area (Å²) in [7, 11) is 0. The molecule has 0 spiro atoms. The molecule has 2 saturated carbocycles. The number of carboxylic acids is 1. The van der Waals surface area contributed by atoms with E-state index in [1.165, 1.54) is 51.4 Å². The van der Waals surface area contributed by atoms with E-state index < -0.39 is 5.97 Å². The van der Waals surface area contributed by atoms with Crippen LogP contribution in [0.15, 0.2) is 0 Å². The van der Waals surface area contributed by atoms with Crippen molar-refractivity contribution in [2.75, 3.05) is 36.5 Å². The van der Waals surface area contributed by atoms with Gasteiger partial charge in [-0.25, -0.2) is 14.8 Å². The molecule has 1 aliphatic heterocycles. The summed E-state index contributed by atoms with van der Waals surface area (Å²) in [5.41, 5.74) is 1.31. The lowest BCUT2D eigenvalue weighted by atomic mass is 9.80. The molecule has 3 fully saturated rings. The van der Waals surface area contributed by atoms with Crippen LogP contribution in [0.2, 0.25) is 0 Å². The minimum atomic E-state index is -1.12. The van der Waals surface area contributed by atoms with Gasteiger partial charge >= 0.3 is 5.97 Å². The number of anilines is 2. The fourth-order valence-corrected chi connectivity index (χ4v) is 5.75. The summed E-state index contributed by atoms with van der Waals surface area (Å²) in [5.74, 6) is 2.17. The number of ether oxygens (including phenoxy) is 1. The van der Waals surface area contributed by atoms with Crippen molar-refractivity contribution in [2.45, 2.75) is 77.8 Å². The summed E-state index contributed by atoms with van der Waals surface area (Å²) in [6.45, 7) is 8.21. The molecule has 2 N–H and O–H groups in total. The van der Waals surface area contributed by atoms with Crippen LogP contribution in [-0.4, -0.2) is 62.9 Å². The van der Waals surface area contributed by atoms with Crippen molar-refractivity contribution in [2.24, 2.45) is 17.8 Å². The van der Waals surface area contributed by atoms with Gasteiger partial charge in [-0.1, -0.05) is 32.6 Å². The highest BCUT2D eigenvalue weighted by Gasteiger charge is 2.30. The number of nitrogens with one attached hydrogen (secondary N) is 1. The zero-order valence-electron chi connectivity index (χ0n) is 20.5. The number of nitrogens with zero attached hydrogens (tertiary/aromatic N) is 5. The molecule has 0 bridgehead atoms. The molecule has 5 rings (SSSR count). The number of rotatable bonds is 8. The van der Waals surface area contributed by atoms with E-state index in [1.54, 1.807) is 0 Å². The minimum absolute atomic E-state index is 0.197. The van der Waals surface area contributed by atoms with Crippen molar-refractivity contribution in [3.63, 3.8) is 0 Å². The number of morpholine rings is 1. The monoisotopic (exact) mass is 470 g/mol. The number of hydrogen-bond donors (Lipinski definition) is 2. The van der Waals surface area contributed by atoms with Crippen molar-refractivity contribution in [1.29, 1.82) is 0 Å². The van der Waals surface area contributed by atoms with Gasteiger partial charge in [0, 0.05) is 25.7 Å². The van der Waals surface area contributed by atoms with Gasteiger partial charge in [-0.15, -0.1) is 0 Å². The first-order chi connectivity index (χ1) is 16.5. The van der Waals surface area contributed by atoms with Gasteiger partial charge in [-0.05, 0) is 50.4 Å². The zero-order chi connectivity index (χ0) is 23.7. The maximum absolute atomic E-state index is 11.8. The molecule has 186 valence electrons. The molecule has 9 heteroatoms. The molecular weight excluding hydrogens is 432 g/mol. The Bertz CT molecular complexity index is 1010. The van der Waals surface area contributed by atoms with Crippen LogP contribution in [0.1, 0.15) is 75.8 Å². The average molecular weight is 471 g/mol. The number of aromatic carboxylic acids is 1. The molecule has 1 atom stereocenters. The third-order valence-corrected chi connectivity index (χ3v) is 8.27. The van der Waals surface area contributed by atoms with E-state index in [1.807, 2.05) is 0 Å². The van der Waals surface area contributed by atoms with Gasteiger partial charge < -0.3 is 24.6 Å². The smallest absolute Gasteiger partial charge is 0.374 e. The van der Waals surface area contributed by atoms with Crippen molar-refractivity contribution >= 4 is 28.9 Å². The lowest BCUT2D eigenvalue weighted by Crippen LogP contribution is -2.38. The van der Waals surface area contributed by atoms with Gasteiger partial charge in [-0.3, -0.25) is 0 Å². The van der Waals surface area contributed by atoms with E-state index in [9.17, 15) is 9.90 Å². The molecule has 3 heterocycles. The van der Waals surface area contributed by atoms with Gasteiger partial charge in [0.25, 0.3) is 0 Å². The SMILES string of the molecule is CCC1CCC(Cn2c(N3CCOCC3)nc3nc(C(=O)O)nc(N[C@H](C)C4CCC4)c32)CC1. The number of fused-ring (bicyclic) bond motifs is 1. The largest absolute Gasteiger partial charge is 0.475 e. The molecule has 0 amide bonds. The molecule has 2 aromatic rings. The number of carbonyl (C=O) groups is 1. The van der Waals surface area contributed by atoms with E-state index in [0.717, 1.165) is 37.0 Å². The molecule has 2 aliphatic carbocycles. The first-order valence-corrected chi connectivity index (χ1v) is 13.1. The summed E-state index contributed by atoms with van der Waals surface area (Å²) in [6, 6.07) is 0.226. The third-order valence-electron chi connectivity index (χ3n) is 8.27. The second-order valence-corrected chi connectivity index (χ2v) is 10.4. The Balaban J connectivity index is 1.55. The standard InChI is InChI=1S/C25H38N6O3/c1-3-17-7-9-18(10-8-17)15-31-20-21(26-16(2)19-5-4-6-19)27-23(24(32)33)28-22(20)29-25(31)30-11-13-34-14-12-30/h16-19H,3-15H2,1-2H3,(H,32,33)(H,26,27,28)/t16-,17?,18?/m1/s1. The van der Waals surface area contributed by atoms with E-state index in [0.29, 0.717) is 36.5 Å². The van der Waals surface area contributed by atoms with Crippen LogP contribution in [0.25, 0.3) is 11.2 Å². The normalized spacial score (nSPS) is 24.7. The Morgan fingerprint density at radius 1 is 1.09 bits per heavy atom. The van der Waals surface area contributed by atoms with Crippen LogP contribution in [0, 0.1) is 17.8 Å². The molecule has 3 aliphatic rings. The van der Waals surface area contributed by atoms with E-state index in [2.05, 4.69) is 38.6 Å². The summed E-state index contributed by atoms with van der Waals surface area (Å²) in [4.78, 5) is 27.9. The third kappa shape index (κ3) is 4.72. The predicted molar refractivity (Wildman–Crippen MR) is 131 cm³/mol. The Kier molecular flexibility index (Phi) is 6.90. The molecule has 1 saturated heterocycles. The van der Waals surface area contributed by atoms with Gasteiger partial charge in [0.05, 0.1) is 13.2 Å². The average Bonchev–Trinajstić information content (AvgIpc) is 3.17. The lowest BCUT2D eigenvalue weighted by molar-refractivity contribution is 0.0684. The van der Waals surface area contributed by atoms with Crippen molar-refractivity contribution in [3.8, 4) is 0 Å². The number of imidazole rings is 1. The molecule has 34 heavy (non-hydrogen) atoms. The molecule has 2 aromatic heterocycles. The van der Waals surface area contributed by atoms with E-state index >= 15 is 0 Å². The van der Waals surface area contributed by atoms with E-state index in [-0.39, 0.29) is 11.9 Å². The quantitative estimate of drug-likeness (QED) is 0.592. The summed E-state index contributed by atoms with van der Waals surface area (Å²) < 4.78 is 7.86. The Labute approximate surface area is 201 Å². The topological polar surface area (TPSA) is 105 Å². The maximum atomic E-state index is 11.8. The minimum Gasteiger partial charge on any atom is -0.475 e. The van der Waals surface area contributed by atoms with Crippen molar-refractivity contribution in [3.05, 3.63) is 5.82 Å². The zero-order valence-corrected chi connectivity index (χ0v) is 20.5. The van der Waals surface area contributed by atoms with Crippen LogP contribution < -0.4 is 10.2 Å². The summed E-state index contributed by atoms with van der Waals surface area (Å²) in [6.07, 6.45) is 9.93. The molecule has 0 unspecified atom stereocenters. The number of aromatic nitrogens is 4. The van der Waals surface area contributed by atoms with Gasteiger partial charge in [0.15, 0.2) is 11.5 Å². The second-order valence-electron chi connectivity index (χ2n) is 10.4.